The van der Waals surface area contributed by atoms with Crippen molar-refractivity contribution in [1.82, 2.24) is 15.2 Å². The Morgan fingerprint density at radius 1 is 1.33 bits per heavy atom. The van der Waals surface area contributed by atoms with Gasteiger partial charge in [0.2, 0.25) is 0 Å². The van der Waals surface area contributed by atoms with Gasteiger partial charge in [-0.15, -0.1) is 24.0 Å². The van der Waals surface area contributed by atoms with Gasteiger partial charge in [0.15, 0.2) is 5.96 Å². The number of aromatic nitrogens is 1. The van der Waals surface area contributed by atoms with E-state index in [1.165, 1.54) is 23.8 Å². The van der Waals surface area contributed by atoms with Crippen molar-refractivity contribution in [2.45, 2.75) is 33.2 Å². The number of nitrogens with zero attached hydrogens (tertiary/aromatic N) is 3. The molecule has 0 spiro atoms. The van der Waals surface area contributed by atoms with Crippen molar-refractivity contribution in [2.75, 3.05) is 19.6 Å². The molecule has 1 unspecified atom stereocenters. The van der Waals surface area contributed by atoms with E-state index in [4.69, 9.17) is 4.99 Å². The van der Waals surface area contributed by atoms with Crippen LogP contribution in [0.2, 0.25) is 0 Å². The van der Waals surface area contributed by atoms with E-state index < -0.39 is 0 Å². The molecular formula is C19H27IN4. The molecule has 2 heterocycles. The Kier molecular flexibility index (Phi) is 7.27. The third-order valence-corrected chi connectivity index (χ3v) is 4.41. The molecular weight excluding hydrogens is 411 g/mol. The Bertz CT molecular complexity index is 681. The number of nitrogens with one attached hydrogen (secondary N) is 1. The zero-order valence-corrected chi connectivity index (χ0v) is 16.9. The van der Waals surface area contributed by atoms with Gasteiger partial charge in [-0.2, -0.15) is 0 Å². The van der Waals surface area contributed by atoms with Crippen LogP contribution in [0.1, 0.15) is 32.3 Å². The Balaban J connectivity index is 0.00000208. The molecule has 5 heteroatoms. The predicted molar refractivity (Wildman–Crippen MR) is 112 cm³/mol. The molecule has 1 aliphatic rings. The number of benzene rings is 1. The first-order valence-electron chi connectivity index (χ1n) is 8.64. The van der Waals surface area contributed by atoms with Crippen molar-refractivity contribution in [2.24, 2.45) is 10.9 Å². The van der Waals surface area contributed by atoms with Gasteiger partial charge in [-0.1, -0.05) is 31.2 Å². The van der Waals surface area contributed by atoms with Crippen LogP contribution in [0.4, 0.5) is 0 Å². The standard InChI is InChI=1S/C19H26N4.HI/c1-3-20-19(23-12-6-7-15(2)14-23)22-13-17-9-4-8-16-10-5-11-21-18(16)17;/h4-5,8-11,15H,3,6-7,12-14H2,1-2H3,(H,20,22);1H. The highest BCUT2D eigenvalue weighted by molar-refractivity contribution is 14.0. The van der Waals surface area contributed by atoms with E-state index in [-0.39, 0.29) is 24.0 Å². The third-order valence-electron chi connectivity index (χ3n) is 4.41. The second-order valence-electron chi connectivity index (χ2n) is 6.36. The predicted octanol–water partition coefficient (Wildman–Crippen LogP) is 4.05. The summed E-state index contributed by atoms with van der Waals surface area (Å²) in [6, 6.07) is 10.4. The molecule has 3 rings (SSSR count). The summed E-state index contributed by atoms with van der Waals surface area (Å²) in [5.41, 5.74) is 2.24. The maximum Gasteiger partial charge on any atom is 0.194 e. The molecule has 0 amide bonds. The van der Waals surface area contributed by atoms with Crippen LogP contribution in [0, 0.1) is 5.92 Å². The lowest BCUT2D eigenvalue weighted by Gasteiger charge is -2.33. The first-order chi connectivity index (χ1) is 11.3. The Morgan fingerprint density at radius 3 is 2.96 bits per heavy atom. The molecule has 1 aliphatic heterocycles. The van der Waals surface area contributed by atoms with Crippen molar-refractivity contribution in [3.63, 3.8) is 0 Å². The first-order valence-corrected chi connectivity index (χ1v) is 8.64. The molecule has 0 bridgehead atoms. The maximum atomic E-state index is 4.88. The molecule has 1 saturated heterocycles. The van der Waals surface area contributed by atoms with E-state index in [0.29, 0.717) is 6.54 Å². The zero-order chi connectivity index (χ0) is 16.1. The molecule has 1 aromatic carbocycles. The smallest absolute Gasteiger partial charge is 0.194 e. The van der Waals surface area contributed by atoms with E-state index in [9.17, 15) is 0 Å². The molecule has 1 aromatic heterocycles. The van der Waals surface area contributed by atoms with Crippen molar-refractivity contribution >= 4 is 40.8 Å². The first kappa shape index (κ1) is 19.0. The van der Waals surface area contributed by atoms with Gasteiger partial charge in [0, 0.05) is 31.2 Å². The number of rotatable bonds is 3. The number of likely N-dealkylation sites (tertiary alicyclic amines) is 1. The van der Waals surface area contributed by atoms with Crippen LogP contribution in [0.25, 0.3) is 10.9 Å². The number of aliphatic imine (C=N–C) groups is 1. The average molecular weight is 438 g/mol. The van der Waals surface area contributed by atoms with Gasteiger partial charge < -0.3 is 10.2 Å². The lowest BCUT2D eigenvalue weighted by molar-refractivity contribution is 0.266. The van der Waals surface area contributed by atoms with Crippen molar-refractivity contribution in [1.29, 1.82) is 0 Å². The Labute approximate surface area is 161 Å². The van der Waals surface area contributed by atoms with E-state index in [1.807, 2.05) is 12.3 Å². The second kappa shape index (κ2) is 9.20. The lowest BCUT2D eigenvalue weighted by Crippen LogP contribution is -2.46. The molecule has 1 N–H and O–H groups in total. The van der Waals surface area contributed by atoms with E-state index >= 15 is 0 Å². The van der Waals surface area contributed by atoms with Gasteiger partial charge in [-0.25, -0.2) is 4.99 Å². The summed E-state index contributed by atoms with van der Waals surface area (Å²) >= 11 is 0. The molecule has 2 aromatic rings. The highest BCUT2D eigenvalue weighted by Crippen LogP contribution is 2.18. The molecule has 130 valence electrons. The quantitative estimate of drug-likeness (QED) is 0.447. The maximum absolute atomic E-state index is 4.88. The normalized spacial score (nSPS) is 18.3. The third kappa shape index (κ3) is 4.59. The number of guanidine groups is 1. The van der Waals surface area contributed by atoms with Crippen molar-refractivity contribution in [3.05, 3.63) is 42.1 Å². The second-order valence-corrected chi connectivity index (χ2v) is 6.36. The van der Waals surface area contributed by atoms with Crippen molar-refractivity contribution in [3.8, 4) is 0 Å². The van der Waals surface area contributed by atoms with Crippen molar-refractivity contribution < 1.29 is 0 Å². The minimum Gasteiger partial charge on any atom is -0.357 e. The number of piperidine rings is 1. The van der Waals surface area contributed by atoms with Crippen LogP contribution in [-0.4, -0.2) is 35.5 Å². The van der Waals surface area contributed by atoms with Gasteiger partial charge in [-0.05, 0) is 37.3 Å². The SMILES string of the molecule is CCNC(=NCc1cccc2cccnc12)N1CCCC(C)C1.I. The van der Waals surface area contributed by atoms with Crippen LogP contribution in [0.3, 0.4) is 0 Å². The number of halogens is 1. The summed E-state index contributed by atoms with van der Waals surface area (Å²) < 4.78 is 0. The molecule has 1 fully saturated rings. The van der Waals surface area contributed by atoms with Gasteiger partial charge in [0.25, 0.3) is 0 Å². The molecule has 4 nitrogen and oxygen atoms in total. The lowest BCUT2D eigenvalue weighted by atomic mass is 10.0. The highest BCUT2D eigenvalue weighted by Gasteiger charge is 2.19. The summed E-state index contributed by atoms with van der Waals surface area (Å²) in [4.78, 5) is 11.8. The van der Waals surface area contributed by atoms with Gasteiger partial charge >= 0.3 is 0 Å². The number of hydrogen-bond acceptors (Lipinski definition) is 2. The van der Waals surface area contributed by atoms with Gasteiger partial charge in [0.05, 0.1) is 12.1 Å². The summed E-state index contributed by atoms with van der Waals surface area (Å²) in [7, 11) is 0. The van der Waals surface area contributed by atoms with Gasteiger partial charge in [0.1, 0.15) is 0 Å². The highest BCUT2D eigenvalue weighted by atomic mass is 127. The summed E-state index contributed by atoms with van der Waals surface area (Å²) in [5, 5.41) is 4.62. The molecule has 0 radical (unpaired) electrons. The number of hydrogen-bond donors (Lipinski definition) is 1. The Hall–Kier alpha value is -1.37. The van der Waals surface area contributed by atoms with Crippen LogP contribution < -0.4 is 5.32 Å². The largest absolute Gasteiger partial charge is 0.357 e. The fraction of sp³-hybridized carbons (Fsp3) is 0.474. The fourth-order valence-corrected chi connectivity index (χ4v) is 3.26. The van der Waals surface area contributed by atoms with Crippen LogP contribution in [0.5, 0.6) is 0 Å². The Morgan fingerprint density at radius 2 is 2.17 bits per heavy atom. The molecule has 1 atom stereocenters. The monoisotopic (exact) mass is 438 g/mol. The topological polar surface area (TPSA) is 40.5 Å². The fourth-order valence-electron chi connectivity index (χ4n) is 3.26. The summed E-state index contributed by atoms with van der Waals surface area (Å²) in [6.07, 6.45) is 4.43. The van der Waals surface area contributed by atoms with Gasteiger partial charge in [-0.3, -0.25) is 4.98 Å². The average Bonchev–Trinajstić information content (AvgIpc) is 2.58. The van der Waals surface area contributed by atoms with E-state index in [1.54, 1.807) is 0 Å². The molecule has 0 saturated carbocycles. The van der Waals surface area contributed by atoms with Crippen LogP contribution in [0.15, 0.2) is 41.5 Å². The number of pyridine rings is 1. The van der Waals surface area contributed by atoms with Crippen LogP contribution in [-0.2, 0) is 6.54 Å². The number of para-hydroxylation sites is 1. The molecule has 24 heavy (non-hydrogen) atoms. The number of fused-ring (bicyclic) bond motifs is 1. The summed E-state index contributed by atoms with van der Waals surface area (Å²) in [5.74, 6) is 1.78. The summed E-state index contributed by atoms with van der Waals surface area (Å²) in [6.45, 7) is 8.22. The minimum atomic E-state index is 0. The van der Waals surface area contributed by atoms with E-state index in [2.05, 4.69) is 53.3 Å². The van der Waals surface area contributed by atoms with E-state index in [0.717, 1.165) is 37.0 Å². The zero-order valence-electron chi connectivity index (χ0n) is 14.5. The molecule has 0 aliphatic carbocycles. The van der Waals surface area contributed by atoms with Crippen LogP contribution >= 0.6 is 24.0 Å². The minimum absolute atomic E-state index is 0.